The molecule has 6 heteroatoms. The zero-order valence-corrected chi connectivity index (χ0v) is 9.21. The molecule has 0 aliphatic heterocycles. The van der Waals surface area contributed by atoms with Gasteiger partial charge in [0.15, 0.2) is 0 Å². The van der Waals surface area contributed by atoms with Crippen molar-refractivity contribution in [3.63, 3.8) is 0 Å². The monoisotopic (exact) mass is 262 g/mol. The fraction of sp³-hybridized carbons (Fsp3) is 0.250. The van der Waals surface area contributed by atoms with E-state index in [1.165, 1.54) is 11.0 Å². The molecular formula is C8H8BrFN2O2. The van der Waals surface area contributed by atoms with Crippen molar-refractivity contribution in [1.29, 1.82) is 0 Å². The highest BCUT2D eigenvalue weighted by Crippen LogP contribution is 2.31. The van der Waals surface area contributed by atoms with E-state index in [2.05, 4.69) is 15.9 Å². The lowest BCUT2D eigenvalue weighted by atomic mass is 10.2. The van der Waals surface area contributed by atoms with Gasteiger partial charge in [0.25, 0.3) is 5.69 Å². The van der Waals surface area contributed by atoms with Crippen molar-refractivity contribution in [2.45, 2.75) is 0 Å². The molecule has 1 rings (SSSR count). The van der Waals surface area contributed by atoms with Crippen molar-refractivity contribution in [2.75, 3.05) is 19.0 Å². The van der Waals surface area contributed by atoms with E-state index in [1.807, 2.05) is 0 Å². The number of benzene rings is 1. The molecule has 0 aliphatic rings. The van der Waals surface area contributed by atoms with E-state index in [-0.39, 0.29) is 15.8 Å². The SMILES string of the molecule is CN(C)c1cc([N+](=O)[O-])c(Br)cc1F. The summed E-state index contributed by atoms with van der Waals surface area (Å²) < 4.78 is 13.4. The number of hydrogen-bond donors (Lipinski definition) is 0. The fourth-order valence-corrected chi connectivity index (χ4v) is 1.47. The van der Waals surface area contributed by atoms with Crippen molar-refractivity contribution in [1.82, 2.24) is 0 Å². The lowest BCUT2D eigenvalue weighted by molar-refractivity contribution is -0.385. The Bertz CT molecular complexity index is 382. The van der Waals surface area contributed by atoms with Gasteiger partial charge in [-0.3, -0.25) is 10.1 Å². The van der Waals surface area contributed by atoms with Gasteiger partial charge in [-0.1, -0.05) is 0 Å². The molecule has 0 fully saturated rings. The van der Waals surface area contributed by atoms with Crippen LogP contribution in [0.1, 0.15) is 0 Å². The Labute approximate surface area is 88.6 Å². The first-order chi connectivity index (χ1) is 6.43. The van der Waals surface area contributed by atoms with E-state index in [0.29, 0.717) is 0 Å². The Morgan fingerprint density at radius 3 is 2.50 bits per heavy atom. The maximum Gasteiger partial charge on any atom is 0.285 e. The third kappa shape index (κ3) is 2.01. The minimum atomic E-state index is -0.559. The van der Waals surface area contributed by atoms with Gasteiger partial charge in [-0.25, -0.2) is 4.39 Å². The number of nitro benzene ring substituents is 1. The third-order valence-electron chi connectivity index (χ3n) is 1.69. The highest BCUT2D eigenvalue weighted by molar-refractivity contribution is 9.10. The normalized spacial score (nSPS) is 10.0. The van der Waals surface area contributed by atoms with Gasteiger partial charge in [0.1, 0.15) is 5.82 Å². The first kappa shape index (κ1) is 10.9. The Morgan fingerprint density at radius 1 is 1.50 bits per heavy atom. The fourth-order valence-electron chi connectivity index (χ4n) is 1.01. The maximum absolute atomic E-state index is 13.3. The predicted molar refractivity (Wildman–Crippen MR) is 55.1 cm³/mol. The van der Waals surface area contributed by atoms with Crippen LogP contribution in [-0.2, 0) is 0 Å². The summed E-state index contributed by atoms with van der Waals surface area (Å²) in [5, 5.41) is 10.5. The lowest BCUT2D eigenvalue weighted by Crippen LogP contribution is -2.11. The number of anilines is 1. The third-order valence-corrected chi connectivity index (χ3v) is 2.33. The molecule has 0 saturated carbocycles. The molecule has 1 aromatic rings. The average molecular weight is 263 g/mol. The van der Waals surface area contributed by atoms with Crippen LogP contribution >= 0.6 is 15.9 Å². The van der Waals surface area contributed by atoms with Gasteiger partial charge in [0, 0.05) is 20.2 Å². The molecule has 0 radical (unpaired) electrons. The van der Waals surface area contributed by atoms with Crippen LogP contribution in [0.4, 0.5) is 15.8 Å². The number of nitro groups is 1. The van der Waals surface area contributed by atoms with E-state index in [9.17, 15) is 14.5 Å². The van der Waals surface area contributed by atoms with Crippen LogP contribution in [-0.4, -0.2) is 19.0 Å². The number of rotatable bonds is 2. The molecule has 14 heavy (non-hydrogen) atoms. The molecule has 4 nitrogen and oxygen atoms in total. The minimum absolute atomic E-state index is 0.143. The summed E-state index contributed by atoms with van der Waals surface area (Å²) in [6.07, 6.45) is 0. The van der Waals surface area contributed by atoms with E-state index >= 15 is 0 Å². The second kappa shape index (κ2) is 3.91. The van der Waals surface area contributed by atoms with Crippen LogP contribution in [0.15, 0.2) is 16.6 Å². The van der Waals surface area contributed by atoms with Crippen molar-refractivity contribution in [3.8, 4) is 0 Å². The van der Waals surface area contributed by atoms with Crippen LogP contribution < -0.4 is 4.90 Å². The summed E-state index contributed by atoms with van der Waals surface area (Å²) in [6.45, 7) is 0. The number of halogens is 2. The van der Waals surface area contributed by atoms with Crippen LogP contribution in [0.5, 0.6) is 0 Å². The number of nitrogens with zero attached hydrogens (tertiary/aromatic N) is 2. The lowest BCUT2D eigenvalue weighted by Gasteiger charge is -2.13. The molecule has 0 aliphatic carbocycles. The molecule has 0 heterocycles. The van der Waals surface area contributed by atoms with Gasteiger partial charge < -0.3 is 4.90 Å². The molecule has 1 aromatic carbocycles. The highest BCUT2D eigenvalue weighted by atomic mass is 79.9. The Balaban J connectivity index is 3.34. The zero-order valence-electron chi connectivity index (χ0n) is 7.62. The second-order valence-corrected chi connectivity index (χ2v) is 3.76. The predicted octanol–water partition coefficient (Wildman–Crippen LogP) is 2.56. The van der Waals surface area contributed by atoms with Gasteiger partial charge in [-0.2, -0.15) is 0 Å². The quantitative estimate of drug-likeness (QED) is 0.608. The molecule has 76 valence electrons. The largest absolute Gasteiger partial charge is 0.375 e. The van der Waals surface area contributed by atoms with Gasteiger partial charge in [-0.15, -0.1) is 0 Å². The topological polar surface area (TPSA) is 46.4 Å². The van der Waals surface area contributed by atoms with Crippen molar-refractivity contribution >= 4 is 27.3 Å². The Kier molecular flexibility index (Phi) is 3.05. The van der Waals surface area contributed by atoms with Crippen LogP contribution in [0, 0.1) is 15.9 Å². The van der Waals surface area contributed by atoms with E-state index in [1.54, 1.807) is 14.1 Å². The van der Waals surface area contributed by atoms with E-state index in [4.69, 9.17) is 0 Å². The Morgan fingerprint density at radius 2 is 2.07 bits per heavy atom. The summed E-state index contributed by atoms with van der Waals surface area (Å²) in [7, 11) is 3.24. The molecule has 0 bridgehead atoms. The summed E-state index contributed by atoms with van der Waals surface area (Å²) in [6, 6.07) is 2.28. The van der Waals surface area contributed by atoms with Crippen molar-refractivity contribution in [3.05, 3.63) is 32.5 Å². The first-order valence-corrected chi connectivity index (χ1v) is 4.53. The molecule has 0 aromatic heterocycles. The van der Waals surface area contributed by atoms with E-state index < -0.39 is 10.7 Å². The minimum Gasteiger partial charge on any atom is -0.375 e. The molecule has 0 unspecified atom stereocenters. The standard InChI is InChI=1S/C8H8BrFN2O2/c1-11(2)8-4-7(12(13)14)5(9)3-6(8)10/h3-4H,1-2H3. The Hall–Kier alpha value is -1.17. The van der Waals surface area contributed by atoms with Crippen molar-refractivity contribution < 1.29 is 9.31 Å². The summed E-state index contributed by atoms with van der Waals surface area (Å²) >= 11 is 2.93. The second-order valence-electron chi connectivity index (χ2n) is 2.91. The smallest absolute Gasteiger partial charge is 0.285 e. The highest BCUT2D eigenvalue weighted by Gasteiger charge is 2.17. The molecule has 0 N–H and O–H groups in total. The van der Waals surface area contributed by atoms with E-state index in [0.717, 1.165) is 6.07 Å². The van der Waals surface area contributed by atoms with Gasteiger partial charge in [0.05, 0.1) is 15.1 Å². The molecular weight excluding hydrogens is 255 g/mol. The molecule has 0 spiro atoms. The molecule has 0 atom stereocenters. The summed E-state index contributed by atoms with van der Waals surface area (Å²) in [5.41, 5.74) is 0.0509. The average Bonchev–Trinajstić information content (AvgIpc) is 2.02. The summed E-state index contributed by atoms with van der Waals surface area (Å²) in [4.78, 5) is 11.5. The van der Waals surface area contributed by atoms with Crippen LogP contribution in [0.25, 0.3) is 0 Å². The molecule has 0 saturated heterocycles. The molecule has 0 amide bonds. The summed E-state index contributed by atoms with van der Waals surface area (Å²) in [5.74, 6) is -0.493. The van der Waals surface area contributed by atoms with Gasteiger partial charge in [-0.05, 0) is 22.0 Å². The van der Waals surface area contributed by atoms with Gasteiger partial charge in [0.2, 0.25) is 0 Å². The maximum atomic E-state index is 13.3. The van der Waals surface area contributed by atoms with Gasteiger partial charge >= 0.3 is 0 Å². The van der Waals surface area contributed by atoms with Crippen LogP contribution in [0.2, 0.25) is 0 Å². The van der Waals surface area contributed by atoms with Crippen LogP contribution in [0.3, 0.4) is 0 Å². The zero-order chi connectivity index (χ0) is 10.9. The number of hydrogen-bond acceptors (Lipinski definition) is 3. The van der Waals surface area contributed by atoms with Crippen molar-refractivity contribution in [2.24, 2.45) is 0 Å². The first-order valence-electron chi connectivity index (χ1n) is 3.74.